The number of benzene rings is 1. The number of rotatable bonds is 7. The Labute approximate surface area is 128 Å². The van der Waals surface area contributed by atoms with Crippen molar-refractivity contribution in [2.75, 3.05) is 18.5 Å². The summed E-state index contributed by atoms with van der Waals surface area (Å²) in [7, 11) is 0. The molecule has 0 unspecified atom stereocenters. The Balaban J connectivity index is 1.67. The number of carbonyl (C=O) groups is 1. The molecule has 7 nitrogen and oxygen atoms in total. The van der Waals surface area contributed by atoms with Crippen LogP contribution in [-0.4, -0.2) is 40.2 Å². The molecule has 118 valence electrons. The number of nitrogens with one attached hydrogen (secondary N) is 2. The van der Waals surface area contributed by atoms with Crippen molar-refractivity contribution in [2.24, 2.45) is 0 Å². The van der Waals surface area contributed by atoms with E-state index in [-0.39, 0.29) is 13.2 Å². The SMILES string of the molecule is CCn1cc(NC(=O)NC[C@@H](O)COc2ccccc2)cn1. The number of urea groups is 1. The zero-order valence-corrected chi connectivity index (χ0v) is 12.4. The molecule has 22 heavy (non-hydrogen) atoms. The van der Waals surface area contributed by atoms with Crippen LogP contribution in [0.1, 0.15) is 6.92 Å². The molecular formula is C15H20N4O3. The van der Waals surface area contributed by atoms with Crippen LogP contribution in [0.2, 0.25) is 0 Å². The number of aliphatic hydroxyl groups excluding tert-OH is 1. The number of amides is 2. The van der Waals surface area contributed by atoms with Gasteiger partial charge >= 0.3 is 6.03 Å². The van der Waals surface area contributed by atoms with Gasteiger partial charge in [-0.25, -0.2) is 4.79 Å². The molecule has 0 fully saturated rings. The second-order valence-corrected chi connectivity index (χ2v) is 4.70. The number of nitrogens with zero attached hydrogens (tertiary/aromatic N) is 2. The van der Waals surface area contributed by atoms with Crippen molar-refractivity contribution in [1.29, 1.82) is 0 Å². The van der Waals surface area contributed by atoms with Gasteiger partial charge in [0.15, 0.2) is 0 Å². The maximum Gasteiger partial charge on any atom is 0.319 e. The number of carbonyl (C=O) groups excluding carboxylic acids is 1. The van der Waals surface area contributed by atoms with E-state index in [1.54, 1.807) is 29.2 Å². The van der Waals surface area contributed by atoms with Gasteiger partial charge < -0.3 is 20.5 Å². The minimum Gasteiger partial charge on any atom is -0.491 e. The molecule has 1 aromatic heterocycles. The van der Waals surface area contributed by atoms with E-state index in [0.29, 0.717) is 11.4 Å². The van der Waals surface area contributed by atoms with Gasteiger partial charge in [0, 0.05) is 19.3 Å². The fourth-order valence-electron chi connectivity index (χ4n) is 1.75. The van der Waals surface area contributed by atoms with Crippen LogP contribution in [0.4, 0.5) is 10.5 Å². The molecule has 1 aromatic carbocycles. The first kappa shape index (κ1) is 15.8. The maximum absolute atomic E-state index is 11.7. The van der Waals surface area contributed by atoms with Crippen LogP contribution < -0.4 is 15.4 Å². The van der Waals surface area contributed by atoms with Gasteiger partial charge in [-0.05, 0) is 19.1 Å². The quantitative estimate of drug-likeness (QED) is 0.722. The number of aliphatic hydroxyl groups is 1. The van der Waals surface area contributed by atoms with Gasteiger partial charge in [-0.1, -0.05) is 18.2 Å². The van der Waals surface area contributed by atoms with Gasteiger partial charge in [0.2, 0.25) is 0 Å². The van der Waals surface area contributed by atoms with Crippen LogP contribution in [0, 0.1) is 0 Å². The molecule has 0 saturated carbocycles. The standard InChI is InChI=1S/C15H20N4O3/c1-2-19-10-12(8-17-19)18-15(21)16-9-13(20)11-22-14-6-4-3-5-7-14/h3-8,10,13,20H,2,9,11H2,1H3,(H2,16,18,21)/t13-/m1/s1. The van der Waals surface area contributed by atoms with E-state index in [4.69, 9.17) is 4.74 Å². The molecule has 2 amide bonds. The number of aromatic nitrogens is 2. The third-order valence-corrected chi connectivity index (χ3v) is 2.90. The molecule has 7 heteroatoms. The molecular weight excluding hydrogens is 284 g/mol. The summed E-state index contributed by atoms with van der Waals surface area (Å²) < 4.78 is 7.11. The highest BCUT2D eigenvalue weighted by molar-refractivity contribution is 5.88. The molecule has 0 aliphatic rings. The zero-order valence-electron chi connectivity index (χ0n) is 12.4. The summed E-state index contributed by atoms with van der Waals surface area (Å²) in [6, 6.07) is 8.80. The van der Waals surface area contributed by atoms with Crippen molar-refractivity contribution in [3.05, 3.63) is 42.7 Å². The van der Waals surface area contributed by atoms with Crippen LogP contribution in [0.3, 0.4) is 0 Å². The lowest BCUT2D eigenvalue weighted by Gasteiger charge is -2.13. The molecule has 1 atom stereocenters. The van der Waals surface area contributed by atoms with E-state index in [0.717, 1.165) is 6.54 Å². The molecule has 0 spiro atoms. The van der Waals surface area contributed by atoms with Crippen LogP contribution in [0.25, 0.3) is 0 Å². The number of anilines is 1. The van der Waals surface area contributed by atoms with Crippen LogP contribution in [0.5, 0.6) is 5.75 Å². The Morgan fingerprint density at radius 3 is 2.86 bits per heavy atom. The highest BCUT2D eigenvalue weighted by Gasteiger charge is 2.09. The minimum atomic E-state index is -0.788. The van der Waals surface area contributed by atoms with Crippen molar-refractivity contribution in [3.8, 4) is 5.75 Å². The Morgan fingerprint density at radius 2 is 2.18 bits per heavy atom. The number of ether oxygens (including phenoxy) is 1. The van der Waals surface area contributed by atoms with Crippen molar-refractivity contribution in [3.63, 3.8) is 0 Å². The predicted molar refractivity (Wildman–Crippen MR) is 82.9 cm³/mol. The third-order valence-electron chi connectivity index (χ3n) is 2.90. The summed E-state index contributed by atoms with van der Waals surface area (Å²) in [6.45, 7) is 2.90. The molecule has 3 N–H and O–H groups in total. The highest BCUT2D eigenvalue weighted by atomic mass is 16.5. The average Bonchev–Trinajstić information content (AvgIpc) is 2.99. The first-order valence-electron chi connectivity index (χ1n) is 7.10. The largest absolute Gasteiger partial charge is 0.491 e. The van der Waals surface area contributed by atoms with E-state index >= 15 is 0 Å². The summed E-state index contributed by atoms with van der Waals surface area (Å²) in [4.78, 5) is 11.7. The number of hydrogen-bond donors (Lipinski definition) is 3. The van der Waals surface area contributed by atoms with E-state index < -0.39 is 12.1 Å². The van der Waals surface area contributed by atoms with E-state index in [1.807, 2.05) is 25.1 Å². The van der Waals surface area contributed by atoms with Crippen molar-refractivity contribution in [1.82, 2.24) is 15.1 Å². The molecule has 2 aromatic rings. The number of aryl methyl sites for hydroxylation is 1. The maximum atomic E-state index is 11.7. The van der Waals surface area contributed by atoms with Crippen molar-refractivity contribution in [2.45, 2.75) is 19.6 Å². The van der Waals surface area contributed by atoms with Gasteiger partial charge in [-0.3, -0.25) is 4.68 Å². The molecule has 0 bridgehead atoms. The summed E-state index contributed by atoms with van der Waals surface area (Å²) >= 11 is 0. The van der Waals surface area contributed by atoms with Crippen molar-refractivity contribution >= 4 is 11.7 Å². The first-order valence-corrected chi connectivity index (χ1v) is 7.10. The molecule has 0 saturated heterocycles. The van der Waals surface area contributed by atoms with Gasteiger partial charge in [-0.2, -0.15) is 5.10 Å². The molecule has 0 aliphatic carbocycles. The monoisotopic (exact) mass is 304 g/mol. The Morgan fingerprint density at radius 1 is 1.41 bits per heavy atom. The van der Waals surface area contributed by atoms with Crippen LogP contribution in [-0.2, 0) is 6.54 Å². The lowest BCUT2D eigenvalue weighted by molar-refractivity contribution is 0.108. The predicted octanol–water partition coefficient (Wildman–Crippen LogP) is 1.46. The van der Waals surface area contributed by atoms with E-state index in [2.05, 4.69) is 15.7 Å². The lowest BCUT2D eigenvalue weighted by Crippen LogP contribution is -2.37. The fourth-order valence-corrected chi connectivity index (χ4v) is 1.75. The topological polar surface area (TPSA) is 88.4 Å². The summed E-state index contributed by atoms with van der Waals surface area (Å²) in [5.41, 5.74) is 0.606. The Bertz CT molecular complexity index is 585. The average molecular weight is 304 g/mol. The second-order valence-electron chi connectivity index (χ2n) is 4.70. The Kier molecular flexibility index (Phi) is 5.79. The van der Waals surface area contributed by atoms with E-state index in [9.17, 15) is 9.90 Å². The van der Waals surface area contributed by atoms with Crippen LogP contribution in [0.15, 0.2) is 42.7 Å². The zero-order chi connectivity index (χ0) is 15.8. The Hall–Kier alpha value is -2.54. The van der Waals surface area contributed by atoms with Crippen LogP contribution >= 0.6 is 0 Å². The van der Waals surface area contributed by atoms with Gasteiger partial charge in [-0.15, -0.1) is 0 Å². The number of para-hydroxylation sites is 1. The first-order chi connectivity index (χ1) is 10.7. The van der Waals surface area contributed by atoms with Gasteiger partial charge in [0.05, 0.1) is 11.9 Å². The molecule has 2 rings (SSSR count). The summed E-state index contributed by atoms with van der Waals surface area (Å²) in [5, 5.41) is 19.1. The van der Waals surface area contributed by atoms with E-state index in [1.165, 1.54) is 0 Å². The lowest BCUT2D eigenvalue weighted by atomic mass is 10.3. The third kappa shape index (κ3) is 5.10. The van der Waals surface area contributed by atoms with Crippen molar-refractivity contribution < 1.29 is 14.6 Å². The van der Waals surface area contributed by atoms with Gasteiger partial charge in [0.25, 0.3) is 0 Å². The smallest absolute Gasteiger partial charge is 0.319 e. The van der Waals surface area contributed by atoms with Gasteiger partial charge in [0.1, 0.15) is 18.5 Å². The fraction of sp³-hybridized carbons (Fsp3) is 0.333. The molecule has 1 heterocycles. The summed E-state index contributed by atoms with van der Waals surface area (Å²) in [5.74, 6) is 0.679. The minimum absolute atomic E-state index is 0.0978. The second kappa shape index (κ2) is 8.04. The normalized spacial score (nSPS) is 11.7. The highest BCUT2D eigenvalue weighted by Crippen LogP contribution is 2.08. The molecule has 0 aliphatic heterocycles. The molecule has 0 radical (unpaired) electrons. The summed E-state index contributed by atoms with van der Waals surface area (Å²) in [6.07, 6.45) is 2.51. The number of hydrogen-bond acceptors (Lipinski definition) is 4.